The van der Waals surface area contributed by atoms with Crippen LogP contribution in [0.25, 0.3) is 0 Å². The topological polar surface area (TPSA) is 1510 Å². The van der Waals surface area contributed by atoms with E-state index in [-0.39, 0.29) is 89.4 Å². The van der Waals surface area contributed by atoms with Crippen molar-refractivity contribution < 1.29 is 156 Å². The summed E-state index contributed by atoms with van der Waals surface area (Å²) >= 11 is 0. The third-order valence-electron chi connectivity index (χ3n) is 0. The molecule has 0 aliphatic carbocycles. The van der Waals surface area contributed by atoms with E-state index in [0.29, 0.717) is 0 Å². The van der Waals surface area contributed by atoms with E-state index in [4.69, 9.17) is 75.4 Å². The van der Waals surface area contributed by atoms with Gasteiger partial charge in [-0.2, -0.15) is 0 Å². The van der Waals surface area contributed by atoms with Crippen molar-refractivity contribution in [3.05, 3.63) is 0 Å². The quantitative estimate of drug-likeness (QED) is 0.0608. The molecule has 0 saturated carbocycles. The van der Waals surface area contributed by atoms with E-state index in [0.717, 1.165) is 0 Å². The fraction of sp³-hybridized carbons (Fsp3) is 0. The number of guanidine groups is 15. The summed E-state index contributed by atoms with van der Waals surface area (Å²) in [6, 6.07) is 0. The Bertz CT molecular complexity index is 1010. The molecule has 0 heterocycles. The van der Waals surface area contributed by atoms with Gasteiger partial charge in [0, 0.05) is 0 Å². The molecule has 0 aromatic heterocycles. The summed E-state index contributed by atoms with van der Waals surface area (Å²) in [5.74, 6) is -1.25. The van der Waals surface area contributed by atoms with Crippen molar-refractivity contribution in [1.29, 1.82) is 0 Å². The molecule has 0 amide bonds. The van der Waals surface area contributed by atoms with Gasteiger partial charge in [0.25, 0.3) is 0 Å². The molecule has 0 fully saturated rings. The Kier molecular flexibility index (Phi) is 211. The van der Waals surface area contributed by atoms with Crippen LogP contribution in [0.5, 0.6) is 0 Å². The summed E-state index contributed by atoms with van der Waals surface area (Å²) < 4.78 is 0. The number of nitrogens with two attached hydrogens (primary N) is 45. The maximum absolute atomic E-state index is 8.42. The van der Waals surface area contributed by atoms with E-state index in [1.54, 1.807) is 0 Å². The molecule has 0 aromatic carbocycles. The predicted octanol–water partition coefficient (Wildman–Crippen LogP) is -64.5. The molecule has 0 spiro atoms. The maximum Gasteiger partial charge on any atom is 0.336 e. The lowest BCUT2D eigenvalue weighted by molar-refractivity contribution is -0.481. The van der Waals surface area contributed by atoms with Crippen LogP contribution >= 0.6 is 0 Å². The minimum Gasteiger partial charge on any atom is -0.907 e. The lowest BCUT2D eigenvalue weighted by atomic mass is 10.3. The van der Waals surface area contributed by atoms with Gasteiger partial charge in [-0.1, -0.05) is 0 Å². The number of hydrogen-bond donors (Lipinski definition) is 45. The van der Waals surface area contributed by atoms with Crippen molar-refractivity contribution in [2.24, 2.45) is 172 Å². The molecule has 0 aliphatic heterocycles. The minimum atomic E-state index is -2.92. The van der Waals surface area contributed by atoms with Crippen molar-refractivity contribution in [1.82, 2.24) is 0 Å². The Morgan fingerprint density at radius 3 is 0.125 bits per heavy atom. The first kappa shape index (κ1) is 133. The Balaban J connectivity index is -0.0000000263. The fourth-order valence-corrected chi connectivity index (χ4v) is 0. The summed E-state index contributed by atoms with van der Waals surface area (Å²) in [7, 11) is -14.6. The van der Waals surface area contributed by atoms with E-state index in [9.17, 15) is 0 Å². The van der Waals surface area contributed by atoms with Crippen LogP contribution in [0, 0.1) is 0 Å². The van der Waals surface area contributed by atoms with Crippen molar-refractivity contribution in [3.8, 4) is 0 Å². The summed E-state index contributed by atoms with van der Waals surface area (Å²) in [5, 5.41) is 195. The Morgan fingerprint density at radius 2 is 0.125 bits per heavy atom. The van der Waals surface area contributed by atoms with Gasteiger partial charge in [-0.05, 0) is 0 Å². The van der Waals surface area contributed by atoms with Crippen molar-refractivity contribution in [2.45, 2.75) is 0 Å². The van der Waals surface area contributed by atoms with E-state index < -0.39 is 36.6 Å². The average Bonchev–Trinajstić information content (AvgIpc) is 2.99. The van der Waals surface area contributed by atoms with Crippen LogP contribution in [0.3, 0.4) is 0 Å². The molecule has 0 aromatic rings. The molecule has 0 bridgehead atoms. The normalized spacial score (nSPS) is 6.19. The largest absolute Gasteiger partial charge is 0.907 e. The molecular weight excluding hydrogens is 1100 g/mol. The lowest BCUT2D eigenvalue weighted by Crippen LogP contribution is -2.56. The molecule has 0 rings (SSSR count). The molecule has 90 N–H and O–H groups in total. The molecule has 0 radical (unpaired) electrons. The summed E-state index contributed by atoms with van der Waals surface area (Å²) in [6.07, 6.45) is 0. The van der Waals surface area contributed by atoms with Crippen molar-refractivity contribution >= 4 is 126 Å². The van der Waals surface area contributed by atoms with Gasteiger partial charge in [-0.15, -0.1) is 0 Å². The van der Waals surface area contributed by atoms with Gasteiger partial charge >= 0.3 is 89.4 Å². The summed E-state index contributed by atoms with van der Waals surface area (Å²) in [5.41, 5.74) is 137. The Labute approximate surface area is 454 Å². The van der Waals surface area contributed by atoms with E-state index >= 15 is 0 Å². The summed E-state index contributed by atoms with van der Waals surface area (Å²) in [6.45, 7) is 0. The second kappa shape index (κ2) is 127. The zero-order chi connectivity index (χ0) is 71.5. The van der Waals surface area contributed by atoms with Crippen molar-refractivity contribution in [2.75, 3.05) is 0 Å². The zero-order valence-electron chi connectivity index (χ0n) is 42.5. The zero-order valence-corrected chi connectivity index (χ0v) is 42.5. The highest BCUT2D eigenvalue weighted by molar-refractivity contribution is 6.24. The fourth-order valence-electron chi connectivity index (χ4n) is 0. The van der Waals surface area contributed by atoms with Gasteiger partial charge in [0.1, 0.15) is 0 Å². The molecular formula is C15H90B5N45O15. The van der Waals surface area contributed by atoms with Crippen LogP contribution < -0.4 is 329 Å². The Hall–Kier alpha value is -11.2. The van der Waals surface area contributed by atoms with Gasteiger partial charge in [0.05, 0.1) is 0 Å². The van der Waals surface area contributed by atoms with Crippen LogP contribution in [0.15, 0.2) is 0 Å². The molecule has 65 heteroatoms. The molecule has 0 saturated heterocycles. The third kappa shape index (κ3) is 2290. The van der Waals surface area contributed by atoms with Gasteiger partial charge in [0.15, 0.2) is 0 Å². The van der Waals surface area contributed by atoms with Crippen LogP contribution in [0.1, 0.15) is 0 Å². The van der Waals surface area contributed by atoms with E-state index in [1.165, 1.54) is 0 Å². The van der Waals surface area contributed by atoms with Gasteiger partial charge in [-0.3, -0.25) is 290 Å². The van der Waals surface area contributed by atoms with E-state index in [1.807, 2.05) is 0 Å². The third-order valence-corrected chi connectivity index (χ3v) is 0. The average molecular weight is 1200 g/mol. The van der Waals surface area contributed by atoms with Crippen LogP contribution in [0.2, 0.25) is 0 Å². The van der Waals surface area contributed by atoms with Gasteiger partial charge in [-0.25, -0.2) is 0 Å². The first-order chi connectivity index (χ1) is 34.6. The second-order valence-electron chi connectivity index (χ2n) is 8.94. The SMILES string of the molecule is NC(N)=[NH2+].NC(N)=[NH2+].NC(N)=[NH2+].NC(N)=[NH2+].NC(N)=[NH2+].NC(N)=[NH2+].NC(N)=[NH2+].NC(N)=[NH2+].NC(N)=[NH2+].NC(N)=[NH2+].NC(N)=[NH2+].NC(N)=[NH2+].NC(N)=[NH2+].NC(N)=[NH2+].NC(N)=[NH2+].[O-]B([O-])[O-].[O-]B([O-])[O-].[O-]B([O-])[O-].[O-]B([O-])[O-].[O-]B([O-])[O-]. The van der Waals surface area contributed by atoms with Crippen LogP contribution in [-0.4, -0.2) is 126 Å². The monoisotopic (exact) mass is 1200 g/mol. The Morgan fingerprint density at radius 1 is 0.125 bits per heavy atom. The minimum absolute atomic E-state index is 0.0833. The number of rotatable bonds is 0. The highest BCUT2D eigenvalue weighted by Gasteiger charge is 1.69. The molecule has 60 nitrogen and oxygen atoms in total. The van der Waals surface area contributed by atoms with E-state index in [2.05, 4.69) is 253 Å². The molecule has 0 atom stereocenters. The van der Waals surface area contributed by atoms with Gasteiger partial charge in [0.2, 0.25) is 0 Å². The van der Waals surface area contributed by atoms with Crippen molar-refractivity contribution in [3.63, 3.8) is 0 Å². The van der Waals surface area contributed by atoms with Crippen LogP contribution in [0.4, 0.5) is 0 Å². The molecule has 80 heavy (non-hydrogen) atoms. The lowest BCUT2D eigenvalue weighted by Gasteiger charge is -2.35. The number of hydrogen-bond acceptors (Lipinski definition) is 15. The molecule has 0 unspecified atom stereocenters. The predicted molar refractivity (Wildman–Crippen MR) is 258 cm³/mol. The molecule has 480 valence electrons. The van der Waals surface area contributed by atoms with Crippen LogP contribution in [-0.2, 0) is 0 Å². The smallest absolute Gasteiger partial charge is 0.336 e. The molecule has 0 aliphatic rings. The first-order valence-corrected chi connectivity index (χ1v) is 16.5. The highest BCUT2D eigenvalue weighted by atomic mass is 16.5. The second-order valence-corrected chi connectivity index (χ2v) is 8.94. The maximum atomic E-state index is 8.42. The highest BCUT2D eigenvalue weighted by Crippen LogP contribution is 1.02. The summed E-state index contributed by atoms with van der Waals surface area (Å²) in [4.78, 5) is 0. The standard InChI is InChI=1S/15CH5N3.5BO3/c20*2-1(3)4/h15*(H5,2,3,4);;;;;/q;;;;;;;;;;;;;;;5*-3/p+15. The van der Waals surface area contributed by atoms with Gasteiger partial charge < -0.3 is 75.4 Å². The first-order valence-electron chi connectivity index (χ1n) is 16.5.